The molecular formula is C10H11ClO3. The van der Waals surface area contributed by atoms with Crippen molar-refractivity contribution in [2.45, 2.75) is 6.92 Å². The summed E-state index contributed by atoms with van der Waals surface area (Å²) in [4.78, 5) is 11.3. The first-order valence-corrected chi connectivity index (χ1v) is 4.56. The third-order valence-electron chi connectivity index (χ3n) is 1.60. The Hall–Kier alpha value is -1.06. The van der Waals surface area contributed by atoms with Gasteiger partial charge in [0.25, 0.3) is 0 Å². The Balaban J connectivity index is 2.79. The van der Waals surface area contributed by atoms with E-state index in [9.17, 15) is 4.79 Å². The number of carbonyl (C=O) groups excluding carboxylic acids is 1. The summed E-state index contributed by atoms with van der Waals surface area (Å²) in [6.45, 7) is 1.67. The normalized spacial score (nSPS) is 9.93. The van der Waals surface area contributed by atoms with Gasteiger partial charge in [0.2, 0.25) is 0 Å². The van der Waals surface area contributed by atoms with E-state index in [0.717, 1.165) is 5.56 Å². The van der Waals surface area contributed by atoms with Crippen molar-refractivity contribution in [1.29, 1.82) is 0 Å². The number of carbonyl (C=O) groups is 1. The second-order valence-electron chi connectivity index (χ2n) is 2.88. The van der Waals surface area contributed by atoms with Gasteiger partial charge in [-0.1, -0.05) is 11.6 Å². The first kappa shape index (κ1) is 11.0. The van der Waals surface area contributed by atoms with E-state index < -0.39 is 5.97 Å². The molecule has 4 heteroatoms. The molecule has 0 aliphatic carbocycles. The van der Waals surface area contributed by atoms with Crippen LogP contribution in [0.25, 0.3) is 0 Å². The van der Waals surface area contributed by atoms with Gasteiger partial charge < -0.3 is 9.84 Å². The third-order valence-corrected chi connectivity index (χ3v) is 1.82. The minimum absolute atomic E-state index is 0.00436. The van der Waals surface area contributed by atoms with Crippen molar-refractivity contribution in [2.24, 2.45) is 0 Å². The highest BCUT2D eigenvalue weighted by atomic mass is 35.5. The summed E-state index contributed by atoms with van der Waals surface area (Å²) in [5.74, 6) is -0.468. The zero-order valence-electron chi connectivity index (χ0n) is 7.79. The predicted octanol–water partition coefficient (Wildman–Crippen LogP) is 1.80. The summed E-state index contributed by atoms with van der Waals surface area (Å²) < 4.78 is 4.74. The predicted molar refractivity (Wildman–Crippen MR) is 53.6 cm³/mol. The van der Waals surface area contributed by atoms with Crippen LogP contribution in [-0.2, 0) is 4.74 Å². The lowest BCUT2D eigenvalue weighted by atomic mass is 10.1. The van der Waals surface area contributed by atoms with Gasteiger partial charge in [0.05, 0.1) is 12.2 Å². The zero-order valence-corrected chi connectivity index (χ0v) is 8.54. The van der Waals surface area contributed by atoms with Gasteiger partial charge in [-0.05, 0) is 30.7 Å². The zero-order chi connectivity index (χ0) is 10.6. The SMILES string of the molecule is Cc1cc(Cl)cc(C(=O)OCCO)c1. The van der Waals surface area contributed by atoms with Gasteiger partial charge in [0, 0.05) is 5.02 Å². The molecule has 1 aromatic rings. The summed E-state index contributed by atoms with van der Waals surface area (Å²) in [6, 6.07) is 4.98. The van der Waals surface area contributed by atoms with Gasteiger partial charge >= 0.3 is 5.97 Å². The van der Waals surface area contributed by atoms with Crippen LogP contribution in [0.4, 0.5) is 0 Å². The molecule has 0 aromatic heterocycles. The van der Waals surface area contributed by atoms with Crippen LogP contribution >= 0.6 is 11.6 Å². The van der Waals surface area contributed by atoms with Crippen molar-refractivity contribution in [3.63, 3.8) is 0 Å². The van der Waals surface area contributed by atoms with Crippen LogP contribution in [0.5, 0.6) is 0 Å². The molecule has 3 nitrogen and oxygen atoms in total. The van der Waals surface area contributed by atoms with Crippen LogP contribution in [0.3, 0.4) is 0 Å². The number of hydrogen-bond acceptors (Lipinski definition) is 3. The number of ether oxygens (including phenoxy) is 1. The monoisotopic (exact) mass is 214 g/mol. The molecule has 0 spiro atoms. The molecule has 0 saturated carbocycles. The van der Waals surface area contributed by atoms with Crippen LogP contribution in [0, 0.1) is 6.92 Å². The van der Waals surface area contributed by atoms with Crippen molar-refractivity contribution in [2.75, 3.05) is 13.2 Å². The molecule has 0 atom stereocenters. The summed E-state index contributed by atoms with van der Waals surface area (Å²) >= 11 is 5.77. The fourth-order valence-electron chi connectivity index (χ4n) is 1.08. The molecule has 0 unspecified atom stereocenters. The summed E-state index contributed by atoms with van der Waals surface area (Å²) in [5.41, 5.74) is 1.30. The first-order valence-electron chi connectivity index (χ1n) is 4.18. The Bertz CT molecular complexity index is 316. The van der Waals surface area contributed by atoms with Crippen LogP contribution in [0.15, 0.2) is 18.2 Å². The molecule has 0 radical (unpaired) electrons. The molecule has 14 heavy (non-hydrogen) atoms. The molecule has 0 aliphatic rings. The number of esters is 1. The largest absolute Gasteiger partial charge is 0.460 e. The Labute approximate surface area is 87.3 Å². The third kappa shape index (κ3) is 3.01. The van der Waals surface area contributed by atoms with E-state index in [0.29, 0.717) is 10.6 Å². The highest BCUT2D eigenvalue weighted by molar-refractivity contribution is 6.31. The molecule has 0 bridgehead atoms. The van der Waals surface area contributed by atoms with Crippen molar-refractivity contribution >= 4 is 17.6 Å². The van der Waals surface area contributed by atoms with E-state index in [1.54, 1.807) is 12.1 Å². The second-order valence-corrected chi connectivity index (χ2v) is 3.31. The van der Waals surface area contributed by atoms with Crippen LogP contribution in [-0.4, -0.2) is 24.3 Å². The standard InChI is InChI=1S/C10H11ClO3/c1-7-4-8(6-9(11)5-7)10(13)14-3-2-12/h4-6,12H,2-3H2,1H3. The minimum atomic E-state index is -0.468. The van der Waals surface area contributed by atoms with E-state index in [4.69, 9.17) is 21.4 Å². The maximum Gasteiger partial charge on any atom is 0.338 e. The van der Waals surface area contributed by atoms with Gasteiger partial charge in [-0.25, -0.2) is 4.79 Å². The van der Waals surface area contributed by atoms with E-state index in [1.807, 2.05) is 6.92 Å². The van der Waals surface area contributed by atoms with E-state index >= 15 is 0 Å². The Morgan fingerprint density at radius 1 is 1.50 bits per heavy atom. The van der Waals surface area contributed by atoms with Crippen molar-refractivity contribution < 1.29 is 14.6 Å². The lowest BCUT2D eigenvalue weighted by molar-refractivity contribution is 0.0433. The van der Waals surface area contributed by atoms with Crippen molar-refractivity contribution in [1.82, 2.24) is 0 Å². The van der Waals surface area contributed by atoms with Gasteiger partial charge in [-0.2, -0.15) is 0 Å². The van der Waals surface area contributed by atoms with Crippen LogP contribution < -0.4 is 0 Å². The topological polar surface area (TPSA) is 46.5 Å². The maximum atomic E-state index is 11.3. The van der Waals surface area contributed by atoms with Gasteiger partial charge in [-0.3, -0.25) is 0 Å². The number of aliphatic hydroxyl groups excluding tert-OH is 1. The molecule has 1 aromatic carbocycles. The van der Waals surface area contributed by atoms with Gasteiger partial charge in [0.15, 0.2) is 0 Å². The van der Waals surface area contributed by atoms with Crippen LogP contribution in [0.1, 0.15) is 15.9 Å². The number of halogens is 1. The van der Waals surface area contributed by atoms with Crippen molar-refractivity contribution in [3.8, 4) is 0 Å². The number of hydrogen-bond donors (Lipinski definition) is 1. The van der Waals surface area contributed by atoms with Crippen LogP contribution in [0.2, 0.25) is 5.02 Å². The minimum Gasteiger partial charge on any atom is -0.460 e. The summed E-state index contributed by atoms with van der Waals surface area (Å²) in [6.07, 6.45) is 0. The Kier molecular flexibility index (Phi) is 3.92. The van der Waals surface area contributed by atoms with Gasteiger partial charge in [-0.15, -0.1) is 0 Å². The maximum absolute atomic E-state index is 11.3. The number of benzene rings is 1. The summed E-state index contributed by atoms with van der Waals surface area (Å²) in [5, 5.41) is 8.97. The molecule has 0 aliphatic heterocycles. The van der Waals surface area contributed by atoms with E-state index in [2.05, 4.69) is 0 Å². The quantitative estimate of drug-likeness (QED) is 0.781. The van der Waals surface area contributed by atoms with Crippen molar-refractivity contribution in [3.05, 3.63) is 34.3 Å². The number of aryl methyl sites for hydroxylation is 1. The molecule has 1 rings (SSSR count). The lowest BCUT2D eigenvalue weighted by Crippen LogP contribution is -2.08. The molecule has 0 fully saturated rings. The smallest absolute Gasteiger partial charge is 0.338 e. The fourth-order valence-corrected chi connectivity index (χ4v) is 1.37. The number of aliphatic hydroxyl groups is 1. The molecule has 76 valence electrons. The molecule has 0 saturated heterocycles. The highest BCUT2D eigenvalue weighted by Gasteiger charge is 2.07. The molecule has 0 amide bonds. The molecule has 1 N–H and O–H groups in total. The Morgan fingerprint density at radius 2 is 2.21 bits per heavy atom. The number of rotatable bonds is 3. The molecular weight excluding hydrogens is 204 g/mol. The first-order chi connectivity index (χ1) is 6.63. The average molecular weight is 215 g/mol. The summed E-state index contributed by atoms with van der Waals surface area (Å²) in [7, 11) is 0. The van der Waals surface area contributed by atoms with Gasteiger partial charge in [0.1, 0.15) is 6.61 Å². The van der Waals surface area contributed by atoms with E-state index in [-0.39, 0.29) is 13.2 Å². The second kappa shape index (κ2) is 4.98. The fraction of sp³-hybridized carbons (Fsp3) is 0.300. The molecule has 0 heterocycles. The van der Waals surface area contributed by atoms with E-state index in [1.165, 1.54) is 6.07 Å². The average Bonchev–Trinajstić information content (AvgIpc) is 2.12. The highest BCUT2D eigenvalue weighted by Crippen LogP contribution is 2.15. The Morgan fingerprint density at radius 3 is 2.79 bits per heavy atom. The lowest BCUT2D eigenvalue weighted by Gasteiger charge is -2.04.